The third-order valence-corrected chi connectivity index (χ3v) is 0. The molecule has 0 aromatic heterocycles. The van der Waals surface area contributed by atoms with E-state index in [9.17, 15) is 0 Å². The molecule has 4 heavy (non-hydrogen) atoms. The Morgan fingerprint density at radius 3 is 1.25 bits per heavy atom. The molecule has 0 atom stereocenters. The Morgan fingerprint density at radius 1 is 1.25 bits per heavy atom. The molecule has 0 aliphatic rings. The number of hydrogen-bond acceptors (Lipinski definition) is 1. The molecule has 0 rings (SSSR count). The van der Waals surface area contributed by atoms with Gasteiger partial charge in [-0.05, 0) is 0 Å². The molecule has 18 valence electrons. The van der Waals surface area contributed by atoms with Crippen molar-refractivity contribution in [3.63, 3.8) is 0 Å². The molecule has 0 saturated carbocycles. The molecule has 0 spiro atoms. The van der Waals surface area contributed by atoms with Gasteiger partial charge in [-0.25, -0.2) is 0 Å². The second-order valence-electron chi connectivity index (χ2n) is 0. The Labute approximate surface area is 106 Å². The molecule has 1 nitrogen and oxygen atoms in total. The molecule has 0 unspecified atom stereocenters. The minimum atomic E-state index is 0. The van der Waals surface area contributed by atoms with E-state index in [-0.39, 0.29) is 94.4 Å². The van der Waals surface area contributed by atoms with Crippen LogP contribution in [0.2, 0.25) is 0 Å². The van der Waals surface area contributed by atoms with Gasteiger partial charge in [-0.1, -0.05) is 0 Å². The van der Waals surface area contributed by atoms with Crippen LogP contribution in [0.1, 0.15) is 0 Å². The van der Waals surface area contributed by atoms with E-state index in [1.54, 1.807) is 10.1 Å². The first-order chi connectivity index (χ1) is 1.00. The average molecular weight is 273 g/mol. The van der Waals surface area contributed by atoms with Gasteiger partial charge in [0.15, 0.2) is 0 Å². The van der Waals surface area contributed by atoms with Gasteiger partial charge in [0.2, 0.25) is 0 Å². The summed E-state index contributed by atoms with van der Waals surface area (Å²) in [5, 5.41) is 0. The molecule has 0 saturated heterocycles. The monoisotopic (exact) mass is 274 g/mol. The maximum absolute atomic E-state index is 8.06. The SMILES string of the molecule is O=[Si].[BaH2].[SrH2]. The zero-order valence-corrected chi connectivity index (χ0v) is 1.91. The molecule has 2 radical (unpaired) electrons. The van der Waals surface area contributed by atoms with Gasteiger partial charge in [0.25, 0.3) is 0 Å². The van der Waals surface area contributed by atoms with E-state index in [0.717, 1.165) is 0 Å². The van der Waals surface area contributed by atoms with Crippen molar-refractivity contribution in [3.8, 4) is 0 Å². The fourth-order valence-corrected chi connectivity index (χ4v) is 0. The Hall–Kier alpha value is 3.07. The Kier molecular flexibility index (Phi) is 65.1. The number of hydrogen-bond donors (Lipinski definition) is 0. The van der Waals surface area contributed by atoms with Gasteiger partial charge in [-0.3, -0.25) is 0 Å². The molecule has 4 heteroatoms. The van der Waals surface area contributed by atoms with Crippen LogP contribution in [0.25, 0.3) is 0 Å². The van der Waals surface area contributed by atoms with Crippen LogP contribution in [0, 0.1) is 0 Å². The summed E-state index contributed by atoms with van der Waals surface area (Å²) in [7, 11) is 1.72. The van der Waals surface area contributed by atoms with Gasteiger partial charge in [0.1, 0.15) is 0 Å². The molecular weight excluding hydrogens is 269 g/mol. The maximum atomic E-state index is 8.06. The molecule has 0 aliphatic carbocycles. The van der Waals surface area contributed by atoms with Crippen LogP contribution >= 0.6 is 0 Å². The predicted octanol–water partition coefficient (Wildman–Crippen LogP) is -2.33. The van der Waals surface area contributed by atoms with Crippen molar-refractivity contribution in [2.45, 2.75) is 0 Å². The van der Waals surface area contributed by atoms with Crippen LogP contribution in [-0.2, 0) is 4.46 Å². The van der Waals surface area contributed by atoms with Crippen molar-refractivity contribution in [1.29, 1.82) is 0 Å². The molecule has 0 aliphatic heterocycles. The zero-order valence-electron chi connectivity index (χ0n) is 0.908. The van der Waals surface area contributed by atoms with E-state index in [1.165, 1.54) is 0 Å². The van der Waals surface area contributed by atoms with Crippen LogP contribution in [-0.4, -0.2) is 104 Å². The summed E-state index contributed by atoms with van der Waals surface area (Å²) >= 11 is 0. The van der Waals surface area contributed by atoms with Crippen LogP contribution < -0.4 is 0 Å². The van der Waals surface area contributed by atoms with Gasteiger partial charge in [0, 0.05) is 0 Å². The first-order valence-electron chi connectivity index (χ1n) is 0.204. The van der Waals surface area contributed by atoms with Gasteiger partial charge in [-0.15, -0.1) is 0 Å². The Morgan fingerprint density at radius 2 is 1.25 bits per heavy atom. The molecule has 0 N–H and O–H groups in total. The first-order valence-corrected chi connectivity index (χ1v) is 0.612. The molecule has 0 heterocycles. The summed E-state index contributed by atoms with van der Waals surface area (Å²) in [4.78, 5) is 0. The summed E-state index contributed by atoms with van der Waals surface area (Å²) in [6.45, 7) is 0. The third kappa shape index (κ3) is 8.91. The van der Waals surface area contributed by atoms with Crippen molar-refractivity contribution < 1.29 is 4.46 Å². The second kappa shape index (κ2) is 16.6. The summed E-state index contributed by atoms with van der Waals surface area (Å²) < 4.78 is 8.06. The quantitative estimate of drug-likeness (QED) is 0.452. The van der Waals surface area contributed by atoms with Gasteiger partial charge >= 0.3 is 104 Å². The van der Waals surface area contributed by atoms with Crippen LogP contribution in [0.5, 0.6) is 0 Å². The van der Waals surface area contributed by atoms with Crippen molar-refractivity contribution >= 4 is 104 Å². The van der Waals surface area contributed by atoms with Gasteiger partial charge < -0.3 is 4.46 Å². The molecule has 0 aromatic carbocycles. The van der Waals surface area contributed by atoms with Crippen molar-refractivity contribution in [2.24, 2.45) is 0 Å². The van der Waals surface area contributed by atoms with Gasteiger partial charge in [0.05, 0.1) is 0 Å². The van der Waals surface area contributed by atoms with Crippen LogP contribution in [0.4, 0.5) is 0 Å². The van der Waals surface area contributed by atoms with Crippen molar-refractivity contribution in [1.82, 2.24) is 0 Å². The standard InChI is InChI=1S/Ba.OSi.Sr.4H/c;1-2;;;;;. The van der Waals surface area contributed by atoms with E-state index in [4.69, 9.17) is 4.46 Å². The zero-order chi connectivity index (χ0) is 2.00. The fourth-order valence-electron chi connectivity index (χ4n) is 0. The summed E-state index contributed by atoms with van der Waals surface area (Å²) in [5.41, 5.74) is 0. The third-order valence-electron chi connectivity index (χ3n) is 0. The summed E-state index contributed by atoms with van der Waals surface area (Å²) in [6.07, 6.45) is 0. The predicted molar refractivity (Wildman–Crippen MR) is 23.5 cm³/mol. The van der Waals surface area contributed by atoms with Gasteiger partial charge in [-0.2, -0.15) is 0 Å². The van der Waals surface area contributed by atoms with E-state index in [0.29, 0.717) is 0 Å². The second-order valence-corrected chi connectivity index (χ2v) is 0. The topological polar surface area (TPSA) is 17.1 Å². The van der Waals surface area contributed by atoms with Crippen LogP contribution in [0.3, 0.4) is 0 Å². The average Bonchev–Trinajstić information content (AvgIpc) is 1.00. The molecular formula is H4BaOSiSr. The van der Waals surface area contributed by atoms with Crippen LogP contribution in [0.15, 0.2) is 0 Å². The summed E-state index contributed by atoms with van der Waals surface area (Å²) in [6, 6.07) is 0. The minimum absolute atomic E-state index is 0. The molecule has 0 bridgehead atoms. The van der Waals surface area contributed by atoms with E-state index < -0.39 is 0 Å². The Bertz CT molecular complexity index is 8.00. The van der Waals surface area contributed by atoms with Crippen molar-refractivity contribution in [2.75, 3.05) is 0 Å². The van der Waals surface area contributed by atoms with E-state index in [2.05, 4.69) is 0 Å². The Balaban J connectivity index is -0.00000000500. The van der Waals surface area contributed by atoms with E-state index >= 15 is 0 Å². The molecule has 0 amide bonds. The molecule has 0 fully saturated rings. The van der Waals surface area contributed by atoms with Crippen molar-refractivity contribution in [3.05, 3.63) is 0 Å². The molecule has 0 aromatic rings. The normalized spacial score (nSPS) is 1.00. The fraction of sp³-hybridized carbons (Fsp3) is 0. The number of rotatable bonds is 0. The summed E-state index contributed by atoms with van der Waals surface area (Å²) in [5.74, 6) is 0. The van der Waals surface area contributed by atoms with E-state index in [1.807, 2.05) is 0 Å². The first kappa shape index (κ1) is 15.7.